The number of nitrogens with one attached hydrogen (secondary N) is 1. The van der Waals surface area contributed by atoms with Gasteiger partial charge in [0.1, 0.15) is 0 Å². The predicted octanol–water partition coefficient (Wildman–Crippen LogP) is 3.09. The molecule has 0 bridgehead atoms. The van der Waals surface area contributed by atoms with Crippen LogP contribution in [0.15, 0.2) is 35.3 Å². The van der Waals surface area contributed by atoms with E-state index in [-0.39, 0.29) is 0 Å². The molecule has 2 nitrogen and oxygen atoms in total. The molecule has 0 radical (unpaired) electrons. The van der Waals surface area contributed by atoms with Crippen molar-refractivity contribution in [1.82, 2.24) is 5.32 Å². The van der Waals surface area contributed by atoms with Gasteiger partial charge in [-0.25, -0.2) is 0 Å². The molecule has 1 unspecified atom stereocenters. The van der Waals surface area contributed by atoms with E-state index in [9.17, 15) is 0 Å². The van der Waals surface area contributed by atoms with Crippen molar-refractivity contribution in [2.45, 2.75) is 30.9 Å². The first-order chi connectivity index (χ1) is 8.92. The van der Waals surface area contributed by atoms with Gasteiger partial charge >= 0.3 is 0 Å². The Balaban J connectivity index is 1.33. The molecule has 1 fully saturated rings. The van der Waals surface area contributed by atoms with Gasteiger partial charge in [-0.1, -0.05) is 42.1 Å². The van der Waals surface area contributed by atoms with Gasteiger partial charge in [-0.05, 0) is 37.2 Å². The van der Waals surface area contributed by atoms with Crippen LogP contribution in [0.4, 0.5) is 0 Å². The molecule has 1 heterocycles. The number of aryl methyl sites for hydroxylation is 1. The van der Waals surface area contributed by atoms with Crippen LogP contribution in [0, 0.1) is 5.92 Å². The number of hydrogen-bond acceptors (Lipinski definition) is 3. The van der Waals surface area contributed by atoms with Gasteiger partial charge in [-0.15, -0.1) is 0 Å². The fourth-order valence-corrected chi connectivity index (χ4v) is 3.57. The smallest absolute Gasteiger partial charge is 0.156 e. The molecule has 96 valence electrons. The summed E-state index contributed by atoms with van der Waals surface area (Å²) in [6.07, 6.45) is 5.18. The average Bonchev–Trinajstić information content (AvgIpc) is 3.16. The summed E-state index contributed by atoms with van der Waals surface area (Å²) in [4.78, 5) is 4.59. The minimum Gasteiger partial charge on any atom is -0.365 e. The van der Waals surface area contributed by atoms with Crippen LogP contribution in [0.3, 0.4) is 0 Å². The molecule has 18 heavy (non-hydrogen) atoms. The Morgan fingerprint density at radius 3 is 2.83 bits per heavy atom. The second kappa shape index (κ2) is 5.79. The van der Waals surface area contributed by atoms with Crippen LogP contribution in [0.5, 0.6) is 0 Å². The van der Waals surface area contributed by atoms with E-state index in [0.717, 1.165) is 30.7 Å². The summed E-state index contributed by atoms with van der Waals surface area (Å²) in [5.41, 5.74) is 1.43. The van der Waals surface area contributed by atoms with E-state index in [0.29, 0.717) is 0 Å². The van der Waals surface area contributed by atoms with Crippen LogP contribution in [-0.4, -0.2) is 23.5 Å². The Labute approximate surface area is 113 Å². The minimum atomic E-state index is 0.779. The number of benzene rings is 1. The summed E-state index contributed by atoms with van der Waals surface area (Å²) >= 11 is 1.97. The normalized spacial score (nSPS) is 22.9. The molecular weight excluding hydrogens is 240 g/mol. The third-order valence-corrected chi connectivity index (χ3v) is 4.92. The summed E-state index contributed by atoms with van der Waals surface area (Å²) in [5, 5.41) is 5.44. The minimum absolute atomic E-state index is 0.779. The molecule has 3 rings (SSSR count). The number of nitrogens with zero attached hydrogens (tertiary/aromatic N) is 1. The van der Waals surface area contributed by atoms with E-state index in [1.54, 1.807) is 0 Å². The first kappa shape index (κ1) is 12.1. The van der Waals surface area contributed by atoms with Crippen LogP contribution in [0.1, 0.15) is 24.8 Å². The van der Waals surface area contributed by atoms with Crippen LogP contribution in [0.2, 0.25) is 0 Å². The summed E-state index contributed by atoms with van der Waals surface area (Å²) < 4.78 is 0. The lowest BCUT2D eigenvalue weighted by atomic mass is 10.1. The molecule has 1 aromatic rings. The molecular formula is C15H20N2S. The fraction of sp³-hybridized carbons (Fsp3) is 0.533. The van der Waals surface area contributed by atoms with Crippen molar-refractivity contribution in [2.75, 3.05) is 13.1 Å². The zero-order chi connectivity index (χ0) is 12.2. The maximum Gasteiger partial charge on any atom is 0.156 e. The standard InChI is InChI=1S/C15H20N2S/c1-2-5-12(6-3-1)7-4-10-16-15-17-11-14(18-15)13-8-9-13/h1-3,5-6,13-14H,4,7-11H2,(H,16,17). The van der Waals surface area contributed by atoms with Crippen LogP contribution >= 0.6 is 11.8 Å². The zero-order valence-corrected chi connectivity index (χ0v) is 11.5. The van der Waals surface area contributed by atoms with Gasteiger partial charge in [-0.2, -0.15) is 0 Å². The molecule has 3 heteroatoms. The first-order valence-corrected chi connectivity index (χ1v) is 7.79. The van der Waals surface area contributed by atoms with E-state index in [1.807, 2.05) is 11.8 Å². The second-order valence-electron chi connectivity index (χ2n) is 5.16. The summed E-state index contributed by atoms with van der Waals surface area (Å²) in [6.45, 7) is 2.08. The number of hydrogen-bond donors (Lipinski definition) is 1. The van der Waals surface area contributed by atoms with Crippen molar-refractivity contribution in [1.29, 1.82) is 0 Å². The van der Waals surface area contributed by atoms with Crippen LogP contribution in [-0.2, 0) is 6.42 Å². The molecule has 1 saturated carbocycles. The van der Waals surface area contributed by atoms with E-state index in [2.05, 4.69) is 40.6 Å². The third-order valence-electron chi connectivity index (χ3n) is 3.59. The van der Waals surface area contributed by atoms with Gasteiger partial charge in [0.15, 0.2) is 5.17 Å². The molecule has 1 atom stereocenters. The van der Waals surface area contributed by atoms with Gasteiger partial charge in [0.2, 0.25) is 0 Å². The molecule has 1 aliphatic carbocycles. The topological polar surface area (TPSA) is 24.4 Å². The third kappa shape index (κ3) is 3.29. The molecule has 0 aromatic heterocycles. The van der Waals surface area contributed by atoms with E-state index in [1.165, 1.54) is 30.0 Å². The quantitative estimate of drug-likeness (QED) is 0.823. The Morgan fingerprint density at radius 1 is 1.22 bits per heavy atom. The Bertz CT molecular complexity index is 412. The SMILES string of the molecule is c1ccc(CCCNC2=NCC(C3CC3)S2)cc1. The second-order valence-corrected chi connectivity index (χ2v) is 6.38. The van der Waals surface area contributed by atoms with Crippen molar-refractivity contribution >= 4 is 16.9 Å². The number of rotatable bonds is 5. The number of amidine groups is 1. The number of aliphatic imine (C=N–C) groups is 1. The van der Waals surface area contributed by atoms with Gasteiger partial charge in [0.25, 0.3) is 0 Å². The maximum atomic E-state index is 4.59. The van der Waals surface area contributed by atoms with Crippen molar-refractivity contribution in [2.24, 2.45) is 10.9 Å². The monoisotopic (exact) mass is 260 g/mol. The largest absolute Gasteiger partial charge is 0.365 e. The molecule has 0 saturated heterocycles. The Morgan fingerprint density at radius 2 is 2.06 bits per heavy atom. The maximum absolute atomic E-state index is 4.59. The van der Waals surface area contributed by atoms with E-state index >= 15 is 0 Å². The van der Waals surface area contributed by atoms with Gasteiger partial charge in [-0.3, -0.25) is 4.99 Å². The lowest BCUT2D eigenvalue weighted by molar-refractivity contribution is 0.764. The van der Waals surface area contributed by atoms with Crippen molar-refractivity contribution in [3.05, 3.63) is 35.9 Å². The van der Waals surface area contributed by atoms with Crippen molar-refractivity contribution in [3.63, 3.8) is 0 Å². The summed E-state index contributed by atoms with van der Waals surface area (Å²) in [7, 11) is 0. The molecule has 2 aliphatic rings. The van der Waals surface area contributed by atoms with Gasteiger partial charge < -0.3 is 5.32 Å². The van der Waals surface area contributed by atoms with Crippen molar-refractivity contribution in [3.8, 4) is 0 Å². The zero-order valence-electron chi connectivity index (χ0n) is 10.6. The highest BCUT2D eigenvalue weighted by molar-refractivity contribution is 8.14. The van der Waals surface area contributed by atoms with Gasteiger partial charge in [0, 0.05) is 11.8 Å². The molecule has 0 spiro atoms. The van der Waals surface area contributed by atoms with E-state index in [4.69, 9.17) is 0 Å². The lowest BCUT2D eigenvalue weighted by Crippen LogP contribution is -2.21. The average molecular weight is 260 g/mol. The lowest BCUT2D eigenvalue weighted by Gasteiger charge is -2.07. The highest BCUT2D eigenvalue weighted by Gasteiger charge is 2.35. The van der Waals surface area contributed by atoms with Crippen LogP contribution in [0.25, 0.3) is 0 Å². The molecule has 1 aromatic carbocycles. The Kier molecular flexibility index (Phi) is 3.89. The summed E-state index contributed by atoms with van der Waals surface area (Å²) in [6, 6.07) is 10.7. The van der Waals surface area contributed by atoms with Gasteiger partial charge in [0.05, 0.1) is 6.54 Å². The number of thioether (sulfide) groups is 1. The fourth-order valence-electron chi connectivity index (χ4n) is 2.33. The predicted molar refractivity (Wildman–Crippen MR) is 79.2 cm³/mol. The Hall–Kier alpha value is -0.960. The molecule has 1 aliphatic heterocycles. The summed E-state index contributed by atoms with van der Waals surface area (Å²) in [5.74, 6) is 0.961. The highest BCUT2D eigenvalue weighted by atomic mass is 32.2. The van der Waals surface area contributed by atoms with Crippen LogP contribution < -0.4 is 5.32 Å². The highest BCUT2D eigenvalue weighted by Crippen LogP contribution is 2.41. The molecule has 1 N–H and O–H groups in total. The first-order valence-electron chi connectivity index (χ1n) is 6.91. The van der Waals surface area contributed by atoms with Crippen molar-refractivity contribution < 1.29 is 0 Å². The molecule has 0 amide bonds. The van der Waals surface area contributed by atoms with E-state index < -0.39 is 0 Å².